The highest BCUT2D eigenvalue weighted by molar-refractivity contribution is 8.13. The predicted molar refractivity (Wildman–Crippen MR) is 162 cm³/mol. The highest BCUT2D eigenvalue weighted by atomic mass is 32.2. The molecule has 206 valence electrons. The maximum absolute atomic E-state index is 5.28. The molecule has 4 nitrogen and oxygen atoms in total. The van der Waals surface area contributed by atoms with Gasteiger partial charge in [-0.1, -0.05) is 75.4 Å². The molecular formula is C30H54N4S2. The molecule has 0 saturated heterocycles. The van der Waals surface area contributed by atoms with Gasteiger partial charge in [-0.3, -0.25) is 9.98 Å². The molecule has 4 aliphatic rings. The summed E-state index contributed by atoms with van der Waals surface area (Å²) >= 11 is 3.61. The van der Waals surface area contributed by atoms with Crippen LogP contribution in [-0.2, 0) is 0 Å². The second-order valence-corrected chi connectivity index (χ2v) is 14.3. The van der Waals surface area contributed by atoms with E-state index in [1.54, 1.807) is 11.8 Å². The molecular weight excluding hydrogens is 480 g/mol. The second kappa shape index (κ2) is 14.1. The van der Waals surface area contributed by atoms with E-state index < -0.39 is 0 Å². The van der Waals surface area contributed by atoms with Crippen LogP contribution in [0.25, 0.3) is 0 Å². The molecule has 4 aliphatic carbocycles. The van der Waals surface area contributed by atoms with Crippen LogP contribution in [0.2, 0.25) is 0 Å². The van der Waals surface area contributed by atoms with Crippen LogP contribution in [0.15, 0.2) is 9.98 Å². The van der Waals surface area contributed by atoms with Gasteiger partial charge in [0.05, 0.1) is 6.04 Å². The van der Waals surface area contributed by atoms with Crippen molar-refractivity contribution in [2.45, 2.75) is 122 Å². The number of aliphatic imine (C=N–C) groups is 2. The van der Waals surface area contributed by atoms with Gasteiger partial charge in [0.2, 0.25) is 0 Å². The van der Waals surface area contributed by atoms with E-state index in [0.717, 1.165) is 47.8 Å². The van der Waals surface area contributed by atoms with Gasteiger partial charge >= 0.3 is 0 Å². The smallest absolute Gasteiger partial charge is 0.156 e. The van der Waals surface area contributed by atoms with Crippen LogP contribution in [0.1, 0.15) is 110 Å². The summed E-state index contributed by atoms with van der Waals surface area (Å²) in [7, 11) is 0. The van der Waals surface area contributed by atoms with Crippen LogP contribution in [0, 0.1) is 29.6 Å². The minimum Gasteiger partial charge on any atom is -0.365 e. The third-order valence-corrected chi connectivity index (χ3v) is 11.0. The van der Waals surface area contributed by atoms with Crippen molar-refractivity contribution in [1.82, 2.24) is 10.6 Å². The number of amidine groups is 2. The molecule has 0 heterocycles. The molecule has 0 aromatic carbocycles. The maximum Gasteiger partial charge on any atom is 0.156 e. The van der Waals surface area contributed by atoms with Crippen LogP contribution in [-0.4, -0.2) is 47.5 Å². The van der Waals surface area contributed by atoms with E-state index in [-0.39, 0.29) is 5.54 Å². The van der Waals surface area contributed by atoms with Crippen molar-refractivity contribution in [3.63, 3.8) is 0 Å². The first-order valence-corrected chi connectivity index (χ1v) is 17.7. The summed E-state index contributed by atoms with van der Waals surface area (Å²) < 4.78 is 0. The van der Waals surface area contributed by atoms with Gasteiger partial charge in [0.1, 0.15) is 0 Å². The molecule has 2 N–H and O–H groups in total. The van der Waals surface area contributed by atoms with Crippen molar-refractivity contribution in [1.29, 1.82) is 0 Å². The van der Waals surface area contributed by atoms with Crippen molar-refractivity contribution < 1.29 is 0 Å². The van der Waals surface area contributed by atoms with Crippen molar-refractivity contribution in [2.24, 2.45) is 39.6 Å². The van der Waals surface area contributed by atoms with E-state index in [0.29, 0.717) is 6.04 Å². The minimum atomic E-state index is 0.251. The third-order valence-electron chi connectivity index (χ3n) is 9.78. The molecule has 0 aromatic heterocycles. The molecule has 6 unspecified atom stereocenters. The molecule has 4 saturated carbocycles. The normalized spacial score (nSPS) is 37.0. The molecule has 0 radical (unpaired) electrons. The van der Waals surface area contributed by atoms with Gasteiger partial charge in [0, 0.05) is 18.6 Å². The number of nitrogens with one attached hydrogen (secondary N) is 2. The number of nitrogens with zero attached hydrogens (tertiary/aromatic N) is 2. The molecule has 0 spiro atoms. The van der Waals surface area contributed by atoms with E-state index in [1.807, 2.05) is 11.8 Å². The molecule has 4 bridgehead atoms. The first kappa shape index (κ1) is 28.6. The summed E-state index contributed by atoms with van der Waals surface area (Å²) in [5, 5.41) is 9.89. The molecule has 6 heteroatoms. The van der Waals surface area contributed by atoms with Crippen LogP contribution in [0.4, 0.5) is 0 Å². The van der Waals surface area contributed by atoms with Crippen LogP contribution in [0.5, 0.6) is 0 Å². The average molecular weight is 535 g/mol. The fourth-order valence-electron chi connectivity index (χ4n) is 8.28. The summed E-state index contributed by atoms with van der Waals surface area (Å²) in [6, 6.07) is 0.548. The molecule has 4 rings (SSSR count). The second-order valence-electron chi connectivity index (χ2n) is 12.7. The number of thioether (sulfide) groups is 2. The van der Waals surface area contributed by atoms with Gasteiger partial charge in [-0.25, -0.2) is 0 Å². The lowest BCUT2D eigenvalue weighted by atomic mass is 9.64. The zero-order chi connectivity index (χ0) is 25.4. The Hall–Kier alpha value is -0.360. The zero-order valence-corrected chi connectivity index (χ0v) is 25.3. The summed E-state index contributed by atoms with van der Waals surface area (Å²) in [6.07, 6.45) is 24.9. The minimum absolute atomic E-state index is 0.251. The Bertz CT molecular complexity index is 726. The standard InChI is InChI=1S/C30H54N4S2/c1-5-26-25-14-10-11-22(18-25)19-27(26)33-28(35-3)31-15-7-6-8-16-32-29(36-4)34-30(2)20-23-12-9-13-24(17-23)21-30/h22-27H,5-21H2,1-4H3,(H,31,33)(H,32,34). The molecule has 4 fully saturated rings. The summed E-state index contributed by atoms with van der Waals surface area (Å²) in [6.45, 7) is 6.81. The van der Waals surface area contributed by atoms with E-state index in [4.69, 9.17) is 9.98 Å². The lowest BCUT2D eigenvalue weighted by Gasteiger charge is -2.46. The summed E-state index contributed by atoms with van der Waals surface area (Å²) in [5.74, 6) is 4.54. The van der Waals surface area contributed by atoms with Gasteiger partial charge in [-0.05, 0) is 100 Å². The zero-order valence-electron chi connectivity index (χ0n) is 23.7. The lowest BCUT2D eigenvalue weighted by molar-refractivity contribution is 0.0989. The Morgan fingerprint density at radius 2 is 1.58 bits per heavy atom. The SMILES string of the molecule is CCC1C2CCCC(C2)CC1/N=C(\NCCCCC/N=C(/NC1(C)CC2CCCC(C2)C1)SC)SC. The van der Waals surface area contributed by atoms with Crippen LogP contribution in [0.3, 0.4) is 0 Å². The number of unbranched alkanes of at least 4 members (excludes halogenated alkanes) is 2. The Labute approximate surface area is 230 Å². The fourth-order valence-corrected chi connectivity index (χ4v) is 9.33. The quantitative estimate of drug-likeness (QED) is 0.180. The Kier molecular flexibility index (Phi) is 11.3. The first-order chi connectivity index (χ1) is 17.5. The Morgan fingerprint density at radius 1 is 0.861 bits per heavy atom. The topological polar surface area (TPSA) is 48.8 Å². The summed E-state index contributed by atoms with van der Waals surface area (Å²) in [4.78, 5) is 10.2. The third kappa shape index (κ3) is 8.07. The van der Waals surface area contributed by atoms with Gasteiger partial charge in [0.25, 0.3) is 0 Å². The highest BCUT2D eigenvalue weighted by Crippen LogP contribution is 2.46. The van der Waals surface area contributed by atoms with E-state index in [1.165, 1.54) is 101 Å². The van der Waals surface area contributed by atoms with E-state index in [2.05, 4.69) is 37.0 Å². The van der Waals surface area contributed by atoms with Gasteiger partial charge < -0.3 is 10.6 Å². The largest absolute Gasteiger partial charge is 0.365 e. The highest BCUT2D eigenvalue weighted by Gasteiger charge is 2.40. The Morgan fingerprint density at radius 3 is 2.31 bits per heavy atom. The van der Waals surface area contributed by atoms with Crippen LogP contribution < -0.4 is 10.6 Å². The fraction of sp³-hybridized carbons (Fsp3) is 0.933. The van der Waals surface area contributed by atoms with Gasteiger partial charge in [0.15, 0.2) is 10.3 Å². The van der Waals surface area contributed by atoms with E-state index in [9.17, 15) is 0 Å². The molecule has 6 atom stereocenters. The number of hydrogen-bond donors (Lipinski definition) is 2. The number of rotatable bonds is 9. The average Bonchev–Trinajstić information content (AvgIpc) is 2.86. The molecule has 0 amide bonds. The molecule has 0 aliphatic heterocycles. The summed E-state index contributed by atoms with van der Waals surface area (Å²) in [5.41, 5.74) is 0.251. The monoisotopic (exact) mass is 534 g/mol. The van der Waals surface area contributed by atoms with Crippen molar-refractivity contribution >= 4 is 33.9 Å². The van der Waals surface area contributed by atoms with E-state index >= 15 is 0 Å². The van der Waals surface area contributed by atoms with Crippen molar-refractivity contribution in [3.8, 4) is 0 Å². The molecule has 0 aromatic rings. The molecule has 36 heavy (non-hydrogen) atoms. The lowest BCUT2D eigenvalue weighted by Crippen LogP contribution is -2.51. The Balaban J connectivity index is 1.15. The van der Waals surface area contributed by atoms with Gasteiger partial charge in [-0.15, -0.1) is 0 Å². The number of fused-ring (bicyclic) bond motifs is 4. The van der Waals surface area contributed by atoms with Crippen molar-refractivity contribution in [3.05, 3.63) is 0 Å². The van der Waals surface area contributed by atoms with Crippen LogP contribution >= 0.6 is 23.5 Å². The van der Waals surface area contributed by atoms with Crippen molar-refractivity contribution in [2.75, 3.05) is 25.6 Å². The number of hydrogen-bond acceptors (Lipinski definition) is 4. The first-order valence-electron chi connectivity index (χ1n) is 15.2. The predicted octanol–water partition coefficient (Wildman–Crippen LogP) is 7.74. The maximum atomic E-state index is 5.28. The van der Waals surface area contributed by atoms with Gasteiger partial charge in [-0.2, -0.15) is 0 Å².